The highest BCUT2D eigenvalue weighted by molar-refractivity contribution is 6.30. The van der Waals surface area contributed by atoms with Crippen LogP contribution in [0.5, 0.6) is 0 Å². The molecule has 1 heterocycles. The third-order valence-electron chi connectivity index (χ3n) is 5.28. The zero-order chi connectivity index (χ0) is 23.5. The highest BCUT2D eigenvalue weighted by Crippen LogP contribution is 2.18. The molecule has 1 aromatic heterocycles. The fraction of sp³-hybridized carbons (Fsp3) is 0.0800. The van der Waals surface area contributed by atoms with Crippen LogP contribution < -0.4 is 16.2 Å². The van der Waals surface area contributed by atoms with Crippen molar-refractivity contribution in [2.24, 2.45) is 7.05 Å². The Hall–Kier alpha value is -4.10. The summed E-state index contributed by atoms with van der Waals surface area (Å²) in [6, 6.07) is 22.2. The molecule has 0 unspecified atom stereocenters. The molecule has 0 spiro atoms. The van der Waals surface area contributed by atoms with Gasteiger partial charge in [-0.3, -0.25) is 19.1 Å². The van der Waals surface area contributed by atoms with Crippen LogP contribution in [0, 0.1) is 6.92 Å². The first-order chi connectivity index (χ1) is 15.8. The van der Waals surface area contributed by atoms with Crippen molar-refractivity contribution >= 4 is 34.8 Å². The Kier molecular flexibility index (Phi) is 6.15. The molecule has 166 valence electrons. The van der Waals surface area contributed by atoms with Gasteiger partial charge >= 0.3 is 0 Å². The highest BCUT2D eigenvalue weighted by atomic mass is 35.5. The Bertz CT molecular complexity index is 1390. The maximum atomic E-state index is 13.0. The summed E-state index contributed by atoms with van der Waals surface area (Å²) >= 11 is 5.87. The summed E-state index contributed by atoms with van der Waals surface area (Å²) in [7, 11) is 1.76. The summed E-state index contributed by atoms with van der Waals surface area (Å²) in [5, 5.41) is 6.02. The van der Waals surface area contributed by atoms with Gasteiger partial charge in [-0.05, 0) is 61.5 Å². The number of carbonyl (C=O) groups is 2. The third-order valence-corrected chi connectivity index (χ3v) is 5.53. The van der Waals surface area contributed by atoms with Gasteiger partial charge in [-0.15, -0.1) is 0 Å². The van der Waals surface area contributed by atoms with Gasteiger partial charge in [-0.25, -0.2) is 4.68 Å². The minimum atomic E-state index is -0.455. The second kappa shape index (κ2) is 9.18. The van der Waals surface area contributed by atoms with Crippen molar-refractivity contribution in [1.29, 1.82) is 0 Å². The summed E-state index contributed by atoms with van der Waals surface area (Å²) in [5.74, 6) is -0.780. The first kappa shape index (κ1) is 22.1. The largest absolute Gasteiger partial charge is 0.322 e. The summed E-state index contributed by atoms with van der Waals surface area (Å²) in [6.45, 7) is 1.76. The van der Waals surface area contributed by atoms with Crippen LogP contribution >= 0.6 is 11.6 Å². The number of rotatable bonds is 5. The van der Waals surface area contributed by atoms with Crippen molar-refractivity contribution in [2.75, 3.05) is 10.6 Å². The molecule has 7 nitrogen and oxygen atoms in total. The van der Waals surface area contributed by atoms with Gasteiger partial charge in [0.05, 0.1) is 11.4 Å². The number of halogens is 1. The number of nitrogens with zero attached hydrogens (tertiary/aromatic N) is 2. The monoisotopic (exact) mass is 460 g/mol. The lowest BCUT2D eigenvalue weighted by molar-refractivity contribution is 0.101. The van der Waals surface area contributed by atoms with Crippen LogP contribution in [-0.2, 0) is 7.05 Å². The maximum absolute atomic E-state index is 13.0. The summed E-state index contributed by atoms with van der Waals surface area (Å²) < 4.78 is 3.18. The first-order valence-electron chi connectivity index (χ1n) is 10.2. The van der Waals surface area contributed by atoms with Crippen molar-refractivity contribution in [3.05, 3.63) is 111 Å². The van der Waals surface area contributed by atoms with Gasteiger partial charge < -0.3 is 10.6 Å². The van der Waals surface area contributed by atoms with E-state index in [1.54, 1.807) is 67.2 Å². The van der Waals surface area contributed by atoms with Gasteiger partial charge in [0.2, 0.25) is 0 Å². The van der Waals surface area contributed by atoms with E-state index in [0.29, 0.717) is 33.2 Å². The molecule has 8 heteroatoms. The minimum Gasteiger partial charge on any atom is -0.322 e. The topological polar surface area (TPSA) is 85.1 Å². The van der Waals surface area contributed by atoms with E-state index >= 15 is 0 Å². The quantitative estimate of drug-likeness (QED) is 0.455. The number of aromatic nitrogens is 2. The SMILES string of the molecule is Cc1c(NC(=O)c2cccc(NC(=O)c3ccc(Cl)cc3)c2)c(=O)n(-c2ccccc2)n1C. The van der Waals surface area contributed by atoms with E-state index in [0.717, 1.165) is 0 Å². The lowest BCUT2D eigenvalue weighted by atomic mass is 10.1. The molecule has 2 N–H and O–H groups in total. The lowest BCUT2D eigenvalue weighted by Crippen LogP contribution is -2.23. The Morgan fingerprint density at radius 3 is 2.18 bits per heavy atom. The number of nitrogens with one attached hydrogen (secondary N) is 2. The molecule has 0 aliphatic carbocycles. The molecule has 0 atom stereocenters. The summed E-state index contributed by atoms with van der Waals surface area (Å²) in [6.07, 6.45) is 0. The second-order valence-electron chi connectivity index (χ2n) is 7.43. The lowest BCUT2D eigenvalue weighted by Gasteiger charge is -2.08. The van der Waals surface area contributed by atoms with Crippen LogP contribution in [0.15, 0.2) is 83.7 Å². The van der Waals surface area contributed by atoms with E-state index in [2.05, 4.69) is 10.6 Å². The number of carbonyl (C=O) groups excluding carboxylic acids is 2. The van der Waals surface area contributed by atoms with Gasteiger partial charge in [-0.2, -0.15) is 0 Å². The Morgan fingerprint density at radius 1 is 0.818 bits per heavy atom. The van der Waals surface area contributed by atoms with Crippen molar-refractivity contribution in [3.8, 4) is 5.69 Å². The molecule has 3 aromatic carbocycles. The van der Waals surface area contributed by atoms with E-state index in [9.17, 15) is 14.4 Å². The number of hydrogen-bond acceptors (Lipinski definition) is 3. The second-order valence-corrected chi connectivity index (χ2v) is 7.87. The molecule has 0 bridgehead atoms. The Morgan fingerprint density at radius 2 is 1.48 bits per heavy atom. The average Bonchev–Trinajstić information content (AvgIpc) is 3.03. The molecule has 0 saturated heterocycles. The maximum Gasteiger partial charge on any atom is 0.295 e. The van der Waals surface area contributed by atoms with Gasteiger partial charge in [0.1, 0.15) is 5.69 Å². The summed E-state index contributed by atoms with van der Waals surface area (Å²) in [4.78, 5) is 38.4. The zero-order valence-electron chi connectivity index (χ0n) is 18.0. The average molecular weight is 461 g/mol. The fourth-order valence-electron chi connectivity index (χ4n) is 3.44. The molecule has 33 heavy (non-hydrogen) atoms. The smallest absolute Gasteiger partial charge is 0.295 e. The Balaban J connectivity index is 1.56. The highest BCUT2D eigenvalue weighted by Gasteiger charge is 2.19. The van der Waals surface area contributed by atoms with Crippen LogP contribution in [0.1, 0.15) is 26.4 Å². The van der Waals surface area contributed by atoms with Crippen LogP contribution in [-0.4, -0.2) is 21.2 Å². The molecule has 4 aromatic rings. The standard InChI is InChI=1S/C25H21ClN4O3/c1-16-22(25(33)30(29(16)2)21-9-4-3-5-10-21)28-24(32)18-7-6-8-20(15-18)27-23(31)17-11-13-19(26)14-12-17/h3-15H,1-2H3,(H,27,31)(H,28,32). The van der Waals surface area contributed by atoms with Crippen LogP contribution in [0.25, 0.3) is 5.69 Å². The van der Waals surface area contributed by atoms with E-state index in [1.807, 2.05) is 30.3 Å². The number of benzene rings is 3. The number of amides is 2. The van der Waals surface area contributed by atoms with E-state index < -0.39 is 5.91 Å². The van der Waals surface area contributed by atoms with Crippen LogP contribution in [0.4, 0.5) is 11.4 Å². The fourth-order valence-corrected chi connectivity index (χ4v) is 3.57. The van der Waals surface area contributed by atoms with Crippen molar-refractivity contribution in [3.63, 3.8) is 0 Å². The molecule has 0 aliphatic rings. The molecule has 0 fully saturated rings. The zero-order valence-corrected chi connectivity index (χ0v) is 18.8. The van der Waals surface area contributed by atoms with Crippen molar-refractivity contribution in [1.82, 2.24) is 9.36 Å². The molecule has 4 rings (SSSR count). The number of hydrogen-bond donors (Lipinski definition) is 2. The van der Waals surface area contributed by atoms with Gasteiger partial charge in [0, 0.05) is 28.9 Å². The Labute approximate surface area is 195 Å². The van der Waals surface area contributed by atoms with E-state index in [-0.39, 0.29) is 17.2 Å². The normalized spacial score (nSPS) is 10.6. The molecular formula is C25H21ClN4O3. The van der Waals surface area contributed by atoms with Crippen molar-refractivity contribution in [2.45, 2.75) is 6.92 Å². The van der Waals surface area contributed by atoms with E-state index in [4.69, 9.17) is 11.6 Å². The van der Waals surface area contributed by atoms with E-state index in [1.165, 1.54) is 4.68 Å². The predicted octanol–water partition coefficient (Wildman–Crippen LogP) is 4.64. The minimum absolute atomic E-state index is 0.196. The van der Waals surface area contributed by atoms with Crippen molar-refractivity contribution < 1.29 is 9.59 Å². The number of anilines is 2. The number of para-hydroxylation sites is 1. The predicted molar refractivity (Wildman–Crippen MR) is 130 cm³/mol. The molecule has 2 amide bonds. The molecule has 0 aliphatic heterocycles. The van der Waals surface area contributed by atoms with Gasteiger partial charge in [0.15, 0.2) is 0 Å². The van der Waals surface area contributed by atoms with Crippen LogP contribution in [0.3, 0.4) is 0 Å². The van der Waals surface area contributed by atoms with Crippen LogP contribution in [0.2, 0.25) is 5.02 Å². The van der Waals surface area contributed by atoms with Gasteiger partial charge in [0.25, 0.3) is 17.4 Å². The third kappa shape index (κ3) is 4.58. The first-order valence-corrected chi connectivity index (χ1v) is 10.6. The molecule has 0 saturated carbocycles. The molecular weight excluding hydrogens is 440 g/mol. The molecule has 0 radical (unpaired) electrons. The summed E-state index contributed by atoms with van der Waals surface area (Å²) in [5.41, 5.74) is 2.37. The van der Waals surface area contributed by atoms with Gasteiger partial charge in [-0.1, -0.05) is 35.9 Å².